The van der Waals surface area contributed by atoms with Crippen molar-refractivity contribution in [1.29, 1.82) is 0 Å². The van der Waals surface area contributed by atoms with E-state index in [-0.39, 0.29) is 10.7 Å². The summed E-state index contributed by atoms with van der Waals surface area (Å²) in [5, 5.41) is 4.68. The highest BCUT2D eigenvalue weighted by Gasteiger charge is 2.26. The molecular formula is C16H16N4O3S2. The molecule has 0 aliphatic carbocycles. The molecule has 4 rings (SSSR count). The van der Waals surface area contributed by atoms with Crippen LogP contribution in [0.5, 0.6) is 0 Å². The van der Waals surface area contributed by atoms with Crippen LogP contribution in [-0.4, -0.2) is 28.9 Å². The largest absolute Gasteiger partial charge is 0.360 e. The molecule has 0 saturated heterocycles. The number of rotatable bonds is 4. The van der Waals surface area contributed by atoms with E-state index in [2.05, 4.69) is 19.4 Å². The Kier molecular flexibility index (Phi) is 3.84. The number of benzene rings is 1. The van der Waals surface area contributed by atoms with Gasteiger partial charge >= 0.3 is 0 Å². The molecule has 1 aliphatic heterocycles. The number of aromatic nitrogens is 3. The molecule has 0 radical (unpaired) electrons. The van der Waals surface area contributed by atoms with E-state index >= 15 is 0 Å². The molecule has 0 spiro atoms. The Morgan fingerprint density at radius 3 is 2.80 bits per heavy atom. The van der Waals surface area contributed by atoms with Crippen molar-refractivity contribution in [3.63, 3.8) is 0 Å². The Morgan fingerprint density at radius 1 is 1.28 bits per heavy atom. The van der Waals surface area contributed by atoms with E-state index in [1.807, 2.05) is 18.3 Å². The van der Waals surface area contributed by atoms with Gasteiger partial charge in [-0.15, -0.1) is 0 Å². The number of fused-ring (bicyclic) bond motifs is 1. The molecule has 0 fully saturated rings. The van der Waals surface area contributed by atoms with Crippen LogP contribution >= 0.6 is 11.8 Å². The quantitative estimate of drug-likeness (QED) is 0.753. The Morgan fingerprint density at radius 2 is 2.08 bits per heavy atom. The molecule has 3 heterocycles. The monoisotopic (exact) mass is 376 g/mol. The highest BCUT2D eigenvalue weighted by molar-refractivity contribution is 7.99. The summed E-state index contributed by atoms with van der Waals surface area (Å²) in [6, 6.07) is 7.23. The minimum Gasteiger partial charge on any atom is -0.360 e. The fourth-order valence-corrected chi connectivity index (χ4v) is 5.24. The van der Waals surface area contributed by atoms with Gasteiger partial charge in [-0.1, -0.05) is 35.1 Å². The van der Waals surface area contributed by atoms with Crippen molar-refractivity contribution in [3.8, 4) is 11.3 Å². The minimum absolute atomic E-state index is 0.0743. The summed E-state index contributed by atoms with van der Waals surface area (Å²) >= 11 is 1.70. The number of hydrogen-bond donors (Lipinski definition) is 1. The van der Waals surface area contributed by atoms with Crippen LogP contribution in [0.1, 0.15) is 11.5 Å². The van der Waals surface area contributed by atoms with E-state index in [0.717, 1.165) is 28.7 Å². The molecule has 2 aromatic heterocycles. The van der Waals surface area contributed by atoms with Gasteiger partial charge in [-0.25, -0.2) is 13.4 Å². The van der Waals surface area contributed by atoms with Crippen molar-refractivity contribution in [2.75, 3.05) is 10.5 Å². The number of aryl methyl sites for hydroxylation is 3. The molecule has 1 aromatic carbocycles. The maximum absolute atomic E-state index is 12.8. The number of para-hydroxylation sites is 1. The summed E-state index contributed by atoms with van der Waals surface area (Å²) in [5.74, 6) is 1.28. The first-order valence-electron chi connectivity index (χ1n) is 7.71. The summed E-state index contributed by atoms with van der Waals surface area (Å²) in [7, 11) is -3.80. The topological polar surface area (TPSA) is 90.0 Å². The highest BCUT2D eigenvalue weighted by atomic mass is 32.2. The predicted molar refractivity (Wildman–Crippen MR) is 95.2 cm³/mol. The molecule has 0 unspecified atom stereocenters. The SMILES string of the molecule is Cc1noc(C)c1S(=O)(=O)Nc1ccccc1-c1cn2c(n1)SCC2. The maximum atomic E-state index is 12.8. The van der Waals surface area contributed by atoms with Crippen molar-refractivity contribution in [2.24, 2.45) is 0 Å². The van der Waals surface area contributed by atoms with Gasteiger partial charge in [-0.05, 0) is 19.9 Å². The lowest BCUT2D eigenvalue weighted by atomic mass is 10.1. The van der Waals surface area contributed by atoms with E-state index in [1.165, 1.54) is 0 Å². The van der Waals surface area contributed by atoms with Crippen LogP contribution in [0.4, 0.5) is 5.69 Å². The first kappa shape index (κ1) is 16.2. The van der Waals surface area contributed by atoms with Crippen LogP contribution in [0.25, 0.3) is 11.3 Å². The molecule has 9 heteroatoms. The van der Waals surface area contributed by atoms with Gasteiger partial charge in [0.15, 0.2) is 15.8 Å². The number of hydrogen-bond acceptors (Lipinski definition) is 6. The Hall–Kier alpha value is -2.26. The van der Waals surface area contributed by atoms with Gasteiger partial charge in [0.05, 0.1) is 11.4 Å². The van der Waals surface area contributed by atoms with Crippen LogP contribution in [0.2, 0.25) is 0 Å². The summed E-state index contributed by atoms with van der Waals surface area (Å²) in [6.45, 7) is 4.10. The average Bonchev–Trinajstić information content (AvgIpc) is 3.22. The molecule has 1 N–H and O–H groups in total. The van der Waals surface area contributed by atoms with Crippen molar-refractivity contribution in [1.82, 2.24) is 14.7 Å². The molecule has 130 valence electrons. The fraction of sp³-hybridized carbons (Fsp3) is 0.250. The minimum atomic E-state index is -3.80. The number of anilines is 1. The summed E-state index contributed by atoms with van der Waals surface area (Å²) in [4.78, 5) is 4.68. The third kappa shape index (κ3) is 2.83. The second kappa shape index (κ2) is 5.92. The van der Waals surface area contributed by atoms with Crippen LogP contribution in [0.15, 0.2) is 45.0 Å². The molecular weight excluding hydrogens is 360 g/mol. The van der Waals surface area contributed by atoms with Crippen molar-refractivity contribution in [2.45, 2.75) is 30.4 Å². The second-order valence-corrected chi connectivity index (χ2v) is 8.44. The third-order valence-corrected chi connectivity index (χ3v) is 6.57. The average molecular weight is 376 g/mol. The third-order valence-electron chi connectivity index (χ3n) is 3.99. The molecule has 0 bridgehead atoms. The number of thioether (sulfide) groups is 1. The summed E-state index contributed by atoms with van der Waals surface area (Å²) in [5.41, 5.74) is 2.30. The lowest BCUT2D eigenvalue weighted by Gasteiger charge is -2.11. The van der Waals surface area contributed by atoms with E-state index in [9.17, 15) is 8.42 Å². The molecule has 0 saturated carbocycles. The second-order valence-electron chi connectivity index (χ2n) is 5.75. The molecule has 1 aliphatic rings. The molecule has 7 nitrogen and oxygen atoms in total. The van der Waals surface area contributed by atoms with Crippen molar-refractivity contribution in [3.05, 3.63) is 41.9 Å². The molecule has 0 atom stereocenters. The van der Waals surface area contributed by atoms with Gasteiger partial charge in [0.25, 0.3) is 10.0 Å². The molecule has 25 heavy (non-hydrogen) atoms. The summed E-state index contributed by atoms with van der Waals surface area (Å²) < 4.78 is 35.3. The zero-order valence-electron chi connectivity index (χ0n) is 13.7. The lowest BCUT2D eigenvalue weighted by Crippen LogP contribution is -2.15. The molecule has 0 amide bonds. The van der Waals surface area contributed by atoms with E-state index < -0.39 is 10.0 Å². The Balaban J connectivity index is 1.74. The Labute approximate surface area is 149 Å². The van der Waals surface area contributed by atoms with Gasteiger partial charge in [0.1, 0.15) is 5.69 Å². The number of imidazole rings is 1. The zero-order chi connectivity index (χ0) is 17.6. The van der Waals surface area contributed by atoms with Gasteiger partial charge < -0.3 is 9.09 Å². The van der Waals surface area contributed by atoms with Crippen molar-refractivity contribution < 1.29 is 12.9 Å². The smallest absolute Gasteiger partial charge is 0.267 e. The van der Waals surface area contributed by atoms with Gasteiger partial charge in [-0.3, -0.25) is 4.72 Å². The number of nitrogens with one attached hydrogen (secondary N) is 1. The fourth-order valence-electron chi connectivity index (χ4n) is 2.89. The summed E-state index contributed by atoms with van der Waals surface area (Å²) in [6.07, 6.45) is 1.96. The van der Waals surface area contributed by atoms with Crippen LogP contribution < -0.4 is 4.72 Å². The van der Waals surface area contributed by atoms with Gasteiger partial charge in [-0.2, -0.15) is 0 Å². The standard InChI is InChI=1S/C16H16N4O3S2/c1-10-15(11(2)23-18-10)25(21,22)19-13-6-4-3-5-12(13)14-9-20-7-8-24-16(20)17-14/h3-6,9,19H,7-8H2,1-2H3. The highest BCUT2D eigenvalue weighted by Crippen LogP contribution is 2.33. The van der Waals surface area contributed by atoms with Gasteiger partial charge in [0, 0.05) is 24.1 Å². The van der Waals surface area contributed by atoms with Crippen LogP contribution in [0, 0.1) is 13.8 Å². The van der Waals surface area contributed by atoms with Crippen LogP contribution in [0.3, 0.4) is 0 Å². The first-order chi connectivity index (χ1) is 12.0. The lowest BCUT2D eigenvalue weighted by molar-refractivity contribution is 0.390. The first-order valence-corrected chi connectivity index (χ1v) is 10.2. The van der Waals surface area contributed by atoms with Gasteiger partial charge in [0.2, 0.25) is 0 Å². The van der Waals surface area contributed by atoms with Crippen molar-refractivity contribution >= 4 is 27.5 Å². The van der Waals surface area contributed by atoms with E-state index in [1.54, 1.807) is 37.7 Å². The number of nitrogens with zero attached hydrogens (tertiary/aromatic N) is 3. The predicted octanol–water partition coefficient (Wildman–Crippen LogP) is 3.06. The van der Waals surface area contributed by atoms with Crippen LogP contribution in [-0.2, 0) is 16.6 Å². The maximum Gasteiger partial charge on any atom is 0.267 e. The van der Waals surface area contributed by atoms with E-state index in [4.69, 9.17) is 4.52 Å². The van der Waals surface area contributed by atoms with E-state index in [0.29, 0.717) is 11.4 Å². The zero-order valence-corrected chi connectivity index (χ0v) is 15.3. The number of sulfonamides is 1. The molecule has 3 aromatic rings. The normalized spacial score (nSPS) is 13.8. The Bertz CT molecular complexity index is 1010.